The minimum atomic E-state index is -0.514. The van der Waals surface area contributed by atoms with Gasteiger partial charge in [-0.3, -0.25) is 4.90 Å². The lowest BCUT2D eigenvalue weighted by Gasteiger charge is -2.25. The van der Waals surface area contributed by atoms with Gasteiger partial charge < -0.3 is 19.3 Å². The Bertz CT molecular complexity index is 425. The van der Waals surface area contributed by atoms with Gasteiger partial charge in [0.1, 0.15) is 5.75 Å². The van der Waals surface area contributed by atoms with Gasteiger partial charge in [-0.25, -0.2) is 0 Å². The number of aliphatic hydroxyl groups excluding tert-OH is 1. The van der Waals surface area contributed by atoms with E-state index < -0.39 is 6.10 Å². The van der Waals surface area contributed by atoms with Gasteiger partial charge in [-0.05, 0) is 12.0 Å². The lowest BCUT2D eigenvalue weighted by Crippen LogP contribution is -2.36. The van der Waals surface area contributed by atoms with E-state index in [1.165, 1.54) is 0 Å². The summed E-state index contributed by atoms with van der Waals surface area (Å²) in [6.07, 6.45) is -0.514. The average molecular weight is 325 g/mol. The molecule has 0 unspecified atom stereocenters. The summed E-state index contributed by atoms with van der Waals surface area (Å²) < 4.78 is 16.1. The Balaban J connectivity index is 2.57. The molecule has 0 aliphatic carbocycles. The molecular weight excluding hydrogens is 294 g/mol. The molecule has 0 fully saturated rings. The fourth-order valence-electron chi connectivity index (χ4n) is 2.32. The third-order valence-electron chi connectivity index (χ3n) is 3.43. The van der Waals surface area contributed by atoms with E-state index in [-0.39, 0.29) is 0 Å². The zero-order valence-corrected chi connectivity index (χ0v) is 14.8. The Morgan fingerprint density at radius 1 is 1.13 bits per heavy atom. The second kappa shape index (κ2) is 11.4. The van der Waals surface area contributed by atoms with Crippen molar-refractivity contribution < 1.29 is 19.3 Å². The fourth-order valence-corrected chi connectivity index (χ4v) is 2.32. The zero-order chi connectivity index (χ0) is 17.1. The summed E-state index contributed by atoms with van der Waals surface area (Å²) in [6, 6.07) is 7.94. The van der Waals surface area contributed by atoms with Crippen LogP contribution in [0.2, 0.25) is 0 Å². The molecule has 0 spiro atoms. The topological polar surface area (TPSA) is 51.2 Å². The van der Waals surface area contributed by atoms with Crippen LogP contribution in [0.15, 0.2) is 24.3 Å². The third-order valence-corrected chi connectivity index (χ3v) is 3.43. The smallest absolute Gasteiger partial charge is 0.123 e. The number of rotatable bonds is 12. The summed E-state index contributed by atoms with van der Waals surface area (Å²) in [4.78, 5) is 2.16. The van der Waals surface area contributed by atoms with Crippen molar-refractivity contribution >= 4 is 0 Å². The minimum Gasteiger partial charge on any atom is -0.496 e. The van der Waals surface area contributed by atoms with E-state index in [1.807, 2.05) is 24.3 Å². The Kier molecular flexibility index (Phi) is 9.87. The van der Waals surface area contributed by atoms with Gasteiger partial charge in [0.25, 0.3) is 0 Å². The molecule has 1 aromatic rings. The van der Waals surface area contributed by atoms with E-state index in [4.69, 9.17) is 14.2 Å². The molecule has 5 nitrogen and oxygen atoms in total. The fraction of sp³-hybridized carbons (Fsp3) is 0.667. The van der Waals surface area contributed by atoms with Gasteiger partial charge in [-0.1, -0.05) is 32.0 Å². The molecule has 0 saturated heterocycles. The number of nitrogens with zero attached hydrogens (tertiary/aromatic N) is 1. The minimum absolute atomic E-state index is 0.355. The van der Waals surface area contributed by atoms with Crippen LogP contribution in [-0.4, -0.2) is 63.2 Å². The Morgan fingerprint density at radius 2 is 1.87 bits per heavy atom. The first-order valence-electron chi connectivity index (χ1n) is 8.15. The molecule has 1 N–H and O–H groups in total. The van der Waals surface area contributed by atoms with Crippen LogP contribution in [0.3, 0.4) is 0 Å². The largest absolute Gasteiger partial charge is 0.496 e. The highest BCUT2D eigenvalue weighted by atomic mass is 16.5. The van der Waals surface area contributed by atoms with Crippen molar-refractivity contribution in [1.29, 1.82) is 0 Å². The number of benzene rings is 1. The molecule has 0 radical (unpaired) electrons. The number of hydrogen-bond acceptors (Lipinski definition) is 5. The standard InChI is InChI=1S/C18H31NO4/c1-15(2)13-23-14-17(20)12-19(9-10-21-3)11-16-7-5-6-8-18(16)22-4/h5-8,15,17,20H,9-14H2,1-4H3/t17-/m0/s1. The van der Waals surface area contributed by atoms with Crippen LogP contribution in [0.4, 0.5) is 0 Å². The van der Waals surface area contributed by atoms with Gasteiger partial charge in [0.15, 0.2) is 0 Å². The predicted molar refractivity (Wildman–Crippen MR) is 91.8 cm³/mol. The monoisotopic (exact) mass is 325 g/mol. The molecule has 1 rings (SSSR count). The van der Waals surface area contributed by atoms with Crippen LogP contribution in [0.5, 0.6) is 5.75 Å². The first-order chi connectivity index (χ1) is 11.1. The highest BCUT2D eigenvalue weighted by molar-refractivity contribution is 5.33. The number of aliphatic hydroxyl groups is 1. The maximum Gasteiger partial charge on any atom is 0.123 e. The van der Waals surface area contributed by atoms with Gasteiger partial charge in [-0.2, -0.15) is 0 Å². The molecule has 1 aromatic carbocycles. The summed E-state index contributed by atoms with van der Waals surface area (Å²) in [5.41, 5.74) is 1.10. The molecule has 0 bridgehead atoms. The second-order valence-corrected chi connectivity index (χ2v) is 6.12. The molecule has 0 aromatic heterocycles. The average Bonchev–Trinajstić information content (AvgIpc) is 2.52. The quantitative estimate of drug-likeness (QED) is 0.638. The molecule has 23 heavy (non-hydrogen) atoms. The predicted octanol–water partition coefficient (Wildman–Crippen LogP) is 2.18. The lowest BCUT2D eigenvalue weighted by molar-refractivity contribution is 0.00326. The highest BCUT2D eigenvalue weighted by Crippen LogP contribution is 2.19. The lowest BCUT2D eigenvalue weighted by atomic mass is 10.1. The van der Waals surface area contributed by atoms with Gasteiger partial charge in [0.2, 0.25) is 0 Å². The number of para-hydroxylation sites is 1. The van der Waals surface area contributed by atoms with Gasteiger partial charge in [0, 0.05) is 38.9 Å². The van der Waals surface area contributed by atoms with Gasteiger partial charge >= 0.3 is 0 Å². The van der Waals surface area contributed by atoms with Crippen LogP contribution < -0.4 is 4.74 Å². The van der Waals surface area contributed by atoms with Crippen molar-refractivity contribution in [2.24, 2.45) is 5.92 Å². The molecule has 5 heteroatoms. The first kappa shape index (κ1) is 19.9. The van der Waals surface area contributed by atoms with Crippen LogP contribution >= 0.6 is 0 Å². The summed E-state index contributed by atoms with van der Waals surface area (Å²) in [5.74, 6) is 1.33. The van der Waals surface area contributed by atoms with E-state index in [0.717, 1.165) is 17.9 Å². The van der Waals surface area contributed by atoms with E-state index in [1.54, 1.807) is 14.2 Å². The van der Waals surface area contributed by atoms with Gasteiger partial charge in [0.05, 0.1) is 26.4 Å². The highest BCUT2D eigenvalue weighted by Gasteiger charge is 2.14. The van der Waals surface area contributed by atoms with E-state index in [2.05, 4.69) is 18.7 Å². The van der Waals surface area contributed by atoms with Crippen molar-refractivity contribution in [3.05, 3.63) is 29.8 Å². The molecule has 1 atom stereocenters. The van der Waals surface area contributed by atoms with Crippen molar-refractivity contribution in [3.63, 3.8) is 0 Å². The van der Waals surface area contributed by atoms with E-state index in [9.17, 15) is 5.11 Å². The Morgan fingerprint density at radius 3 is 2.52 bits per heavy atom. The van der Waals surface area contributed by atoms with E-state index >= 15 is 0 Å². The SMILES string of the molecule is COCCN(Cc1ccccc1OC)C[C@H](O)COCC(C)C. The van der Waals surface area contributed by atoms with Crippen molar-refractivity contribution in [2.45, 2.75) is 26.5 Å². The van der Waals surface area contributed by atoms with Crippen LogP contribution in [0.1, 0.15) is 19.4 Å². The third kappa shape index (κ3) is 8.32. The maximum absolute atomic E-state index is 10.2. The summed E-state index contributed by atoms with van der Waals surface area (Å²) in [7, 11) is 3.36. The molecular formula is C18H31NO4. The van der Waals surface area contributed by atoms with Crippen molar-refractivity contribution in [1.82, 2.24) is 4.90 Å². The number of hydrogen-bond donors (Lipinski definition) is 1. The van der Waals surface area contributed by atoms with Gasteiger partial charge in [-0.15, -0.1) is 0 Å². The normalized spacial score (nSPS) is 12.8. The molecule has 0 aliphatic heterocycles. The number of methoxy groups -OCH3 is 2. The summed E-state index contributed by atoms with van der Waals surface area (Å²) in [5, 5.41) is 10.2. The number of ether oxygens (including phenoxy) is 3. The van der Waals surface area contributed by atoms with Crippen molar-refractivity contribution in [3.8, 4) is 5.75 Å². The maximum atomic E-state index is 10.2. The summed E-state index contributed by atoms with van der Waals surface area (Å²) >= 11 is 0. The second-order valence-electron chi connectivity index (χ2n) is 6.12. The molecule has 132 valence electrons. The Labute approximate surface area is 140 Å². The molecule has 0 saturated carbocycles. The Hall–Kier alpha value is -1.14. The van der Waals surface area contributed by atoms with Crippen LogP contribution in [0.25, 0.3) is 0 Å². The molecule has 0 amide bonds. The molecule has 0 heterocycles. The molecule has 0 aliphatic rings. The zero-order valence-electron chi connectivity index (χ0n) is 14.8. The van der Waals surface area contributed by atoms with E-state index in [0.29, 0.717) is 38.8 Å². The van der Waals surface area contributed by atoms with Crippen molar-refractivity contribution in [2.75, 3.05) is 47.1 Å². The first-order valence-corrected chi connectivity index (χ1v) is 8.15. The van der Waals surface area contributed by atoms with Crippen LogP contribution in [-0.2, 0) is 16.0 Å². The van der Waals surface area contributed by atoms with Crippen LogP contribution in [0, 0.1) is 5.92 Å². The summed E-state index contributed by atoms with van der Waals surface area (Å²) in [6.45, 7) is 7.83.